The summed E-state index contributed by atoms with van der Waals surface area (Å²) < 4.78 is 0. The molecule has 0 saturated heterocycles. The summed E-state index contributed by atoms with van der Waals surface area (Å²) in [6, 6.07) is 0. The third kappa shape index (κ3) is 4.17. The zero-order valence-electron chi connectivity index (χ0n) is 5.98. The maximum atomic E-state index is 3.78. The smallest absolute Gasteiger partial charge is 0.0389 e. The third-order valence-corrected chi connectivity index (χ3v) is 1.48. The second-order valence-electron chi connectivity index (χ2n) is 2.31. The van der Waals surface area contributed by atoms with E-state index in [1.807, 2.05) is 0 Å². The van der Waals surface area contributed by atoms with Crippen LogP contribution in [0.2, 0.25) is 0 Å². The van der Waals surface area contributed by atoms with E-state index in [9.17, 15) is 0 Å². The maximum absolute atomic E-state index is 3.78. The number of hydrogen-bond acceptors (Lipinski definition) is 0. The summed E-state index contributed by atoms with van der Waals surface area (Å²) in [5.74, 6) is 0.789. The Morgan fingerprint density at radius 2 is 2.25 bits per heavy atom. The molecule has 48 valence electrons. The van der Waals surface area contributed by atoms with Gasteiger partial charge in [0.2, 0.25) is 0 Å². The van der Waals surface area contributed by atoms with Crippen LogP contribution in [0, 0.1) is 19.3 Å². The summed E-state index contributed by atoms with van der Waals surface area (Å²) in [4.78, 5) is 0. The van der Waals surface area contributed by atoms with Crippen molar-refractivity contribution in [2.45, 2.75) is 33.1 Å². The molecule has 8 heavy (non-hydrogen) atoms. The van der Waals surface area contributed by atoms with E-state index in [0.717, 1.165) is 12.3 Å². The highest BCUT2D eigenvalue weighted by atomic mass is 14.0. The van der Waals surface area contributed by atoms with Crippen molar-refractivity contribution in [3.05, 3.63) is 13.3 Å². The summed E-state index contributed by atoms with van der Waals surface area (Å²) in [6.07, 6.45) is 5.90. The average molecular weight is 112 g/mol. The SMILES string of the molecule is [CH2]CCCC(C)[CH]C. The second kappa shape index (κ2) is 5.14. The van der Waals surface area contributed by atoms with Gasteiger partial charge in [0.1, 0.15) is 0 Å². The van der Waals surface area contributed by atoms with Crippen LogP contribution in [0.3, 0.4) is 0 Å². The topological polar surface area (TPSA) is 0 Å². The minimum atomic E-state index is 0.789. The van der Waals surface area contributed by atoms with E-state index in [1.165, 1.54) is 12.8 Å². The molecule has 0 heterocycles. The Kier molecular flexibility index (Phi) is 5.14. The fourth-order valence-electron chi connectivity index (χ4n) is 0.633. The van der Waals surface area contributed by atoms with Crippen LogP contribution in [0.25, 0.3) is 0 Å². The van der Waals surface area contributed by atoms with Crippen LogP contribution in [0.5, 0.6) is 0 Å². The minimum Gasteiger partial charge on any atom is -0.0622 e. The lowest BCUT2D eigenvalue weighted by Gasteiger charge is -2.04. The quantitative estimate of drug-likeness (QED) is 0.524. The Morgan fingerprint density at radius 1 is 1.62 bits per heavy atom. The van der Waals surface area contributed by atoms with Crippen molar-refractivity contribution in [2.24, 2.45) is 5.92 Å². The fourth-order valence-corrected chi connectivity index (χ4v) is 0.633. The predicted octanol–water partition coefficient (Wildman–Crippen LogP) is 2.85. The Balaban J connectivity index is 2.86. The van der Waals surface area contributed by atoms with Gasteiger partial charge in [0.05, 0.1) is 0 Å². The molecule has 0 aliphatic carbocycles. The molecule has 0 nitrogen and oxygen atoms in total. The van der Waals surface area contributed by atoms with E-state index in [2.05, 4.69) is 27.2 Å². The molecular weight excluding hydrogens is 96.1 g/mol. The highest BCUT2D eigenvalue weighted by Gasteiger charge is 1.95. The molecule has 0 bridgehead atoms. The number of unbranched alkanes of at least 4 members (excludes halogenated alkanes) is 1. The molecule has 0 heteroatoms. The van der Waals surface area contributed by atoms with E-state index in [1.54, 1.807) is 0 Å². The zero-order chi connectivity index (χ0) is 6.41. The lowest BCUT2D eigenvalue weighted by atomic mass is 10.0. The lowest BCUT2D eigenvalue weighted by molar-refractivity contribution is 0.577. The molecule has 0 spiro atoms. The van der Waals surface area contributed by atoms with Crippen LogP contribution in [-0.2, 0) is 0 Å². The van der Waals surface area contributed by atoms with Gasteiger partial charge in [-0.25, -0.2) is 0 Å². The van der Waals surface area contributed by atoms with E-state index in [0.29, 0.717) is 0 Å². The van der Waals surface area contributed by atoms with Crippen molar-refractivity contribution in [1.82, 2.24) is 0 Å². The van der Waals surface area contributed by atoms with Crippen molar-refractivity contribution < 1.29 is 0 Å². The molecule has 0 fully saturated rings. The van der Waals surface area contributed by atoms with Gasteiger partial charge in [-0.1, -0.05) is 40.0 Å². The largest absolute Gasteiger partial charge is 0.0622 e. The standard InChI is InChI=1S/C8H16/c1-4-6-7-8(3)5-2/h5,8H,1,4,6-7H2,2-3H3. The van der Waals surface area contributed by atoms with Crippen molar-refractivity contribution in [3.63, 3.8) is 0 Å². The van der Waals surface area contributed by atoms with Crippen LogP contribution in [-0.4, -0.2) is 0 Å². The van der Waals surface area contributed by atoms with Gasteiger partial charge in [0.25, 0.3) is 0 Å². The first-order valence-corrected chi connectivity index (χ1v) is 3.40. The summed E-state index contributed by atoms with van der Waals surface area (Å²) in [5.41, 5.74) is 0. The summed E-state index contributed by atoms with van der Waals surface area (Å²) >= 11 is 0. The molecular formula is C8H16. The highest BCUT2D eigenvalue weighted by molar-refractivity contribution is 4.65. The van der Waals surface area contributed by atoms with E-state index in [-0.39, 0.29) is 0 Å². The van der Waals surface area contributed by atoms with Gasteiger partial charge in [-0.15, -0.1) is 0 Å². The van der Waals surface area contributed by atoms with Crippen LogP contribution < -0.4 is 0 Å². The van der Waals surface area contributed by atoms with Crippen LogP contribution in [0.1, 0.15) is 33.1 Å². The van der Waals surface area contributed by atoms with Gasteiger partial charge in [-0.05, 0) is 12.3 Å². The molecule has 0 N–H and O–H groups in total. The molecule has 0 saturated carbocycles. The average Bonchev–Trinajstić information content (AvgIpc) is 1.83. The monoisotopic (exact) mass is 112 g/mol. The second-order valence-corrected chi connectivity index (χ2v) is 2.31. The van der Waals surface area contributed by atoms with Crippen LogP contribution in [0.15, 0.2) is 0 Å². The molecule has 1 unspecified atom stereocenters. The molecule has 1 atom stereocenters. The van der Waals surface area contributed by atoms with Gasteiger partial charge >= 0.3 is 0 Å². The molecule has 0 aromatic carbocycles. The van der Waals surface area contributed by atoms with E-state index >= 15 is 0 Å². The van der Waals surface area contributed by atoms with Crippen LogP contribution >= 0.6 is 0 Å². The van der Waals surface area contributed by atoms with E-state index < -0.39 is 0 Å². The third-order valence-electron chi connectivity index (χ3n) is 1.48. The van der Waals surface area contributed by atoms with Gasteiger partial charge in [0.15, 0.2) is 0 Å². The summed E-state index contributed by atoms with van der Waals surface area (Å²) in [7, 11) is 0. The van der Waals surface area contributed by atoms with Crippen molar-refractivity contribution in [1.29, 1.82) is 0 Å². The van der Waals surface area contributed by atoms with Gasteiger partial charge in [-0.2, -0.15) is 0 Å². The van der Waals surface area contributed by atoms with Gasteiger partial charge in [0, 0.05) is 0 Å². The first-order chi connectivity index (χ1) is 3.81. The Hall–Kier alpha value is 0. The first kappa shape index (κ1) is 8.00. The first-order valence-electron chi connectivity index (χ1n) is 3.40. The van der Waals surface area contributed by atoms with Crippen molar-refractivity contribution in [3.8, 4) is 0 Å². The number of rotatable bonds is 4. The van der Waals surface area contributed by atoms with Gasteiger partial charge in [-0.3, -0.25) is 0 Å². The zero-order valence-corrected chi connectivity index (χ0v) is 5.98. The summed E-state index contributed by atoms with van der Waals surface area (Å²) in [6.45, 7) is 8.14. The molecule has 0 amide bonds. The number of hydrogen-bond donors (Lipinski definition) is 0. The maximum Gasteiger partial charge on any atom is -0.0389 e. The molecule has 0 aromatic heterocycles. The van der Waals surface area contributed by atoms with Gasteiger partial charge < -0.3 is 0 Å². The highest BCUT2D eigenvalue weighted by Crippen LogP contribution is 2.08. The molecule has 0 aliphatic heterocycles. The molecule has 0 aromatic rings. The molecule has 0 rings (SSSR count). The summed E-state index contributed by atoms with van der Waals surface area (Å²) in [5, 5.41) is 0. The Morgan fingerprint density at radius 3 is 2.62 bits per heavy atom. The normalized spacial score (nSPS) is 13.9. The predicted molar refractivity (Wildman–Crippen MR) is 38.3 cm³/mol. The lowest BCUT2D eigenvalue weighted by Crippen LogP contribution is -1.90. The minimum absolute atomic E-state index is 0.789. The van der Waals surface area contributed by atoms with Crippen molar-refractivity contribution >= 4 is 0 Å². The Bertz CT molecular complexity index is 39.3. The molecule has 2 radical (unpaired) electrons. The van der Waals surface area contributed by atoms with Crippen LogP contribution in [0.4, 0.5) is 0 Å². The molecule has 0 aliphatic rings. The van der Waals surface area contributed by atoms with Crippen molar-refractivity contribution in [2.75, 3.05) is 0 Å². The van der Waals surface area contributed by atoms with E-state index in [4.69, 9.17) is 0 Å². The Labute approximate surface area is 53.3 Å². The fraction of sp³-hybridized carbons (Fsp3) is 0.750.